The molecule has 1 aromatic heterocycles. The second kappa shape index (κ2) is 5.48. The van der Waals surface area contributed by atoms with Crippen LogP contribution in [0.15, 0.2) is 18.7 Å². The largest absolute Gasteiger partial charge is 0.385 e. The van der Waals surface area contributed by atoms with Gasteiger partial charge >= 0.3 is 0 Å². The minimum atomic E-state index is -0.710. The van der Waals surface area contributed by atoms with Gasteiger partial charge in [0.05, 0.1) is 5.60 Å². The van der Waals surface area contributed by atoms with Gasteiger partial charge in [0.1, 0.15) is 6.33 Å². The van der Waals surface area contributed by atoms with Crippen molar-refractivity contribution in [3.8, 4) is 0 Å². The van der Waals surface area contributed by atoms with Crippen molar-refractivity contribution in [2.45, 2.75) is 43.4 Å². The normalized spacial score (nSPS) is 34.6. The van der Waals surface area contributed by atoms with Crippen LogP contribution >= 0.6 is 24.8 Å². The molecule has 2 saturated heterocycles. The zero-order valence-electron chi connectivity index (χ0n) is 9.37. The SMILES string of the molecule is Cl.Cl.OC1(c2cncnc2)C[C@H]2CC[C@@H](C1)N2. The molecule has 4 nitrogen and oxygen atoms in total. The van der Waals surface area contributed by atoms with Crippen LogP contribution in [-0.4, -0.2) is 27.2 Å². The zero-order valence-corrected chi connectivity index (χ0v) is 11.0. The summed E-state index contributed by atoms with van der Waals surface area (Å²) in [6, 6.07) is 0.933. The highest BCUT2D eigenvalue weighted by molar-refractivity contribution is 5.85. The number of fused-ring (bicyclic) bond motifs is 2. The second-order valence-electron chi connectivity index (χ2n) is 4.70. The van der Waals surface area contributed by atoms with Crippen molar-refractivity contribution in [2.24, 2.45) is 0 Å². The molecule has 3 heterocycles. The molecule has 3 atom stereocenters. The molecule has 2 N–H and O–H groups in total. The lowest BCUT2D eigenvalue weighted by molar-refractivity contribution is -0.0120. The van der Waals surface area contributed by atoms with E-state index in [0.717, 1.165) is 18.4 Å². The van der Waals surface area contributed by atoms with Gasteiger partial charge in [0.25, 0.3) is 0 Å². The number of nitrogens with one attached hydrogen (secondary N) is 1. The van der Waals surface area contributed by atoms with E-state index >= 15 is 0 Å². The molecular formula is C11H17Cl2N3O. The lowest BCUT2D eigenvalue weighted by atomic mass is 9.83. The monoisotopic (exact) mass is 277 g/mol. The van der Waals surface area contributed by atoms with E-state index in [0.29, 0.717) is 12.1 Å². The molecule has 96 valence electrons. The van der Waals surface area contributed by atoms with Crippen molar-refractivity contribution in [1.82, 2.24) is 15.3 Å². The first-order valence-electron chi connectivity index (χ1n) is 5.50. The van der Waals surface area contributed by atoms with Crippen molar-refractivity contribution < 1.29 is 5.11 Å². The van der Waals surface area contributed by atoms with Crippen LogP contribution in [0, 0.1) is 0 Å². The standard InChI is InChI=1S/C11H15N3O.2ClH/c15-11(8-5-12-7-13-6-8)3-9-1-2-10(4-11)14-9;;/h5-7,9-10,14-15H,1-4H2;2*1H/t9-,10+,11?;;. The van der Waals surface area contributed by atoms with Crippen LogP contribution in [0.1, 0.15) is 31.2 Å². The van der Waals surface area contributed by atoms with Crippen LogP contribution in [0.3, 0.4) is 0 Å². The summed E-state index contributed by atoms with van der Waals surface area (Å²) in [5.74, 6) is 0. The third kappa shape index (κ3) is 2.71. The van der Waals surface area contributed by atoms with Crippen LogP contribution < -0.4 is 5.32 Å². The average Bonchev–Trinajstić information content (AvgIpc) is 2.60. The minimum Gasteiger partial charge on any atom is -0.385 e. The van der Waals surface area contributed by atoms with Gasteiger partial charge in [-0.25, -0.2) is 9.97 Å². The van der Waals surface area contributed by atoms with Gasteiger partial charge in [-0.2, -0.15) is 0 Å². The number of rotatable bonds is 1. The summed E-state index contributed by atoms with van der Waals surface area (Å²) < 4.78 is 0. The van der Waals surface area contributed by atoms with Crippen LogP contribution in [0.2, 0.25) is 0 Å². The highest BCUT2D eigenvalue weighted by Crippen LogP contribution is 2.39. The van der Waals surface area contributed by atoms with Gasteiger partial charge in [-0.1, -0.05) is 0 Å². The van der Waals surface area contributed by atoms with E-state index in [4.69, 9.17) is 0 Å². The third-order valence-corrected chi connectivity index (χ3v) is 3.60. The maximum absolute atomic E-state index is 10.6. The van der Waals surface area contributed by atoms with Gasteiger partial charge in [0, 0.05) is 30.0 Å². The number of hydrogen-bond acceptors (Lipinski definition) is 4. The number of aliphatic hydroxyl groups is 1. The van der Waals surface area contributed by atoms with E-state index in [-0.39, 0.29) is 24.8 Å². The molecular weight excluding hydrogens is 261 g/mol. The molecule has 0 aliphatic carbocycles. The summed E-state index contributed by atoms with van der Waals surface area (Å²) in [6.45, 7) is 0. The first-order valence-corrected chi connectivity index (χ1v) is 5.50. The molecule has 0 spiro atoms. The Morgan fingerprint density at radius 1 is 1.12 bits per heavy atom. The van der Waals surface area contributed by atoms with Crippen molar-refractivity contribution in [3.05, 3.63) is 24.3 Å². The van der Waals surface area contributed by atoms with E-state index in [1.54, 1.807) is 12.4 Å². The summed E-state index contributed by atoms with van der Waals surface area (Å²) >= 11 is 0. The quantitative estimate of drug-likeness (QED) is 0.815. The molecule has 0 radical (unpaired) electrons. The van der Waals surface area contributed by atoms with Gasteiger partial charge in [0.2, 0.25) is 0 Å². The van der Waals surface area contributed by atoms with Crippen molar-refractivity contribution in [1.29, 1.82) is 0 Å². The maximum atomic E-state index is 10.6. The second-order valence-corrected chi connectivity index (χ2v) is 4.70. The smallest absolute Gasteiger partial charge is 0.115 e. The Morgan fingerprint density at radius 2 is 1.65 bits per heavy atom. The minimum absolute atomic E-state index is 0. The summed E-state index contributed by atoms with van der Waals surface area (Å²) in [5.41, 5.74) is 0.154. The van der Waals surface area contributed by atoms with Gasteiger partial charge in [0.15, 0.2) is 0 Å². The lowest BCUT2D eigenvalue weighted by Crippen LogP contribution is -2.46. The topological polar surface area (TPSA) is 58.0 Å². The van der Waals surface area contributed by atoms with Crippen LogP contribution in [-0.2, 0) is 5.60 Å². The van der Waals surface area contributed by atoms with Crippen LogP contribution in [0.5, 0.6) is 0 Å². The molecule has 1 aromatic rings. The molecule has 2 bridgehead atoms. The molecule has 0 saturated carbocycles. The van der Waals surface area contributed by atoms with E-state index in [9.17, 15) is 5.11 Å². The van der Waals surface area contributed by atoms with Gasteiger partial charge < -0.3 is 10.4 Å². The molecule has 6 heteroatoms. The predicted molar refractivity (Wildman–Crippen MR) is 69.6 cm³/mol. The Labute approximate surface area is 113 Å². The van der Waals surface area contributed by atoms with Crippen molar-refractivity contribution in [3.63, 3.8) is 0 Å². The maximum Gasteiger partial charge on any atom is 0.115 e. The molecule has 2 aliphatic heterocycles. The van der Waals surface area contributed by atoms with Gasteiger partial charge in [-0.3, -0.25) is 0 Å². The van der Waals surface area contributed by atoms with Gasteiger partial charge in [-0.15, -0.1) is 24.8 Å². The molecule has 3 rings (SSSR count). The summed E-state index contributed by atoms with van der Waals surface area (Å²) in [6.07, 6.45) is 8.91. The van der Waals surface area contributed by atoms with Crippen molar-refractivity contribution >= 4 is 24.8 Å². The Kier molecular flexibility index (Phi) is 4.72. The van der Waals surface area contributed by atoms with E-state index < -0.39 is 5.60 Å². The lowest BCUT2D eigenvalue weighted by Gasteiger charge is -2.36. The Balaban J connectivity index is 0.000000722. The molecule has 0 aromatic carbocycles. The Morgan fingerprint density at radius 3 is 2.18 bits per heavy atom. The fourth-order valence-electron chi connectivity index (χ4n) is 2.90. The summed E-state index contributed by atoms with van der Waals surface area (Å²) in [4.78, 5) is 7.97. The summed E-state index contributed by atoms with van der Waals surface area (Å²) in [7, 11) is 0. The molecule has 2 aliphatic rings. The molecule has 17 heavy (non-hydrogen) atoms. The van der Waals surface area contributed by atoms with Crippen LogP contribution in [0.4, 0.5) is 0 Å². The van der Waals surface area contributed by atoms with Crippen molar-refractivity contribution in [2.75, 3.05) is 0 Å². The third-order valence-electron chi connectivity index (χ3n) is 3.60. The Bertz CT molecular complexity index is 351. The highest BCUT2D eigenvalue weighted by atomic mass is 35.5. The fraction of sp³-hybridized carbons (Fsp3) is 0.636. The molecule has 2 fully saturated rings. The molecule has 1 unspecified atom stereocenters. The number of hydrogen-bond donors (Lipinski definition) is 2. The first kappa shape index (κ1) is 14.6. The number of nitrogens with zero attached hydrogens (tertiary/aromatic N) is 2. The fourth-order valence-corrected chi connectivity index (χ4v) is 2.90. The van der Waals surface area contributed by atoms with E-state index in [1.165, 1.54) is 19.2 Å². The molecule has 0 amide bonds. The summed E-state index contributed by atoms with van der Waals surface area (Å²) in [5, 5.41) is 14.1. The van der Waals surface area contributed by atoms with E-state index in [1.807, 2.05) is 0 Å². The predicted octanol–water partition coefficient (Wildman–Crippen LogP) is 1.42. The Hall–Kier alpha value is -0.420. The number of piperidine rings is 1. The first-order chi connectivity index (χ1) is 7.26. The number of aromatic nitrogens is 2. The average molecular weight is 278 g/mol. The highest BCUT2D eigenvalue weighted by Gasteiger charge is 2.43. The van der Waals surface area contributed by atoms with Crippen LogP contribution in [0.25, 0.3) is 0 Å². The zero-order chi connectivity index (χ0) is 10.3. The van der Waals surface area contributed by atoms with Gasteiger partial charge in [-0.05, 0) is 25.7 Å². The number of halogens is 2. The van der Waals surface area contributed by atoms with E-state index in [2.05, 4.69) is 15.3 Å².